The van der Waals surface area contributed by atoms with E-state index in [9.17, 15) is 19.5 Å². The number of esters is 1. The lowest BCUT2D eigenvalue weighted by Crippen LogP contribution is -2.30. The van der Waals surface area contributed by atoms with Gasteiger partial charge in [-0.25, -0.2) is 4.99 Å². The number of carbonyl (C=O) groups is 3. The Morgan fingerprint density at radius 2 is 1.77 bits per heavy atom. The van der Waals surface area contributed by atoms with Crippen molar-refractivity contribution in [2.45, 2.75) is 103 Å². The SMILES string of the molecule is CC(C)(O)C(=O)N=C(N=CN)c1ccc(C2CCC(COC(=O)CC3CCCCC3)O2)[nH]1.CCC.NCC(=O)O. The number of nitrogens with two attached hydrogens (primary N) is 2. The summed E-state index contributed by atoms with van der Waals surface area (Å²) < 4.78 is 11.5. The molecule has 1 aliphatic heterocycles. The molecule has 0 aromatic carbocycles. The molecule has 7 N–H and O–H groups in total. The molecular weight excluding hydrogens is 518 g/mol. The average Bonchev–Trinajstić information content (AvgIpc) is 3.58. The van der Waals surface area contributed by atoms with Crippen molar-refractivity contribution in [3.05, 3.63) is 23.5 Å². The monoisotopic (exact) mass is 565 g/mol. The first-order valence-electron chi connectivity index (χ1n) is 14.0. The normalized spacial score (nSPS) is 19.8. The standard InChI is InChI=1S/C23H34N4O5.C3H8.C2H5NO2/c1-23(2,30)22(29)27-21(25-14-24)18-10-9-17(26-18)19-11-8-16(32-19)13-31-20(28)12-15-6-4-3-5-7-15;1-3-2;3-1-2(4)5/h9-10,14-16,19,26,30H,3-8,11-13H2,1-2H3,(H2,24,25,27,29);3H2,1-2H3;1,3H2,(H,4,5). The van der Waals surface area contributed by atoms with Crippen molar-refractivity contribution in [1.29, 1.82) is 0 Å². The van der Waals surface area contributed by atoms with Crippen LogP contribution in [0.1, 0.15) is 103 Å². The molecule has 2 heterocycles. The predicted molar refractivity (Wildman–Crippen MR) is 153 cm³/mol. The van der Waals surface area contributed by atoms with Crippen molar-refractivity contribution >= 4 is 30.0 Å². The zero-order valence-electron chi connectivity index (χ0n) is 24.2. The summed E-state index contributed by atoms with van der Waals surface area (Å²) in [4.78, 5) is 44.4. The highest BCUT2D eigenvalue weighted by Crippen LogP contribution is 2.33. The molecule has 12 heteroatoms. The number of H-pyrrole nitrogens is 1. The summed E-state index contributed by atoms with van der Waals surface area (Å²) in [6.07, 6.45) is 9.95. The summed E-state index contributed by atoms with van der Waals surface area (Å²) in [6.45, 7) is 6.95. The number of amidine groups is 1. The third-order valence-corrected chi connectivity index (χ3v) is 6.12. The van der Waals surface area contributed by atoms with E-state index in [0.717, 1.165) is 37.7 Å². The Morgan fingerprint density at radius 3 is 2.33 bits per heavy atom. The van der Waals surface area contributed by atoms with Gasteiger partial charge in [0.1, 0.15) is 12.2 Å². The largest absolute Gasteiger partial charge is 0.480 e. The molecule has 0 radical (unpaired) electrons. The third kappa shape index (κ3) is 13.3. The van der Waals surface area contributed by atoms with Gasteiger partial charge >= 0.3 is 11.9 Å². The summed E-state index contributed by atoms with van der Waals surface area (Å²) >= 11 is 0. The number of aromatic amines is 1. The molecule has 2 atom stereocenters. The Morgan fingerprint density at radius 1 is 1.15 bits per heavy atom. The third-order valence-electron chi connectivity index (χ3n) is 6.12. The van der Waals surface area contributed by atoms with Crippen molar-refractivity contribution in [3.63, 3.8) is 0 Å². The van der Waals surface area contributed by atoms with E-state index in [2.05, 4.69) is 34.5 Å². The van der Waals surface area contributed by atoms with Crippen LogP contribution in [-0.2, 0) is 23.9 Å². The van der Waals surface area contributed by atoms with Crippen LogP contribution in [0.3, 0.4) is 0 Å². The molecule has 1 saturated carbocycles. The number of ether oxygens (including phenoxy) is 2. The van der Waals surface area contributed by atoms with Crippen molar-refractivity contribution in [3.8, 4) is 0 Å². The van der Waals surface area contributed by atoms with Gasteiger partial charge in [-0.3, -0.25) is 14.4 Å². The number of carboxylic acids is 1. The van der Waals surface area contributed by atoms with E-state index in [1.807, 2.05) is 6.07 Å². The van der Waals surface area contributed by atoms with Crippen LogP contribution in [0.5, 0.6) is 0 Å². The maximum absolute atomic E-state index is 12.2. The molecule has 1 saturated heterocycles. The van der Waals surface area contributed by atoms with Crippen molar-refractivity contribution in [2.75, 3.05) is 13.2 Å². The number of amides is 1. The Balaban J connectivity index is 0.000000884. The minimum absolute atomic E-state index is 0.0806. The van der Waals surface area contributed by atoms with Gasteiger partial charge in [0.15, 0.2) is 5.84 Å². The lowest BCUT2D eigenvalue weighted by atomic mass is 9.87. The van der Waals surface area contributed by atoms with Crippen LogP contribution in [0.25, 0.3) is 0 Å². The van der Waals surface area contributed by atoms with E-state index in [-0.39, 0.29) is 37.2 Å². The second kappa shape index (κ2) is 18.3. The Labute approximate surface area is 236 Å². The molecule has 1 aliphatic carbocycles. The highest BCUT2D eigenvalue weighted by atomic mass is 16.6. The van der Waals surface area contributed by atoms with Crippen LogP contribution >= 0.6 is 0 Å². The fourth-order valence-electron chi connectivity index (χ4n) is 4.12. The summed E-state index contributed by atoms with van der Waals surface area (Å²) in [6, 6.07) is 3.58. The van der Waals surface area contributed by atoms with Gasteiger partial charge in [0.25, 0.3) is 5.91 Å². The van der Waals surface area contributed by atoms with Crippen LogP contribution in [0, 0.1) is 5.92 Å². The summed E-state index contributed by atoms with van der Waals surface area (Å²) in [5, 5.41) is 17.4. The molecule has 2 aliphatic rings. The molecule has 226 valence electrons. The molecule has 0 bridgehead atoms. The first-order chi connectivity index (χ1) is 18.9. The molecule has 1 amide bonds. The van der Waals surface area contributed by atoms with Gasteiger partial charge in [-0.1, -0.05) is 39.5 Å². The maximum Gasteiger partial charge on any atom is 0.317 e. The van der Waals surface area contributed by atoms with E-state index >= 15 is 0 Å². The van der Waals surface area contributed by atoms with Crippen LogP contribution in [-0.4, -0.2) is 70.1 Å². The molecule has 2 fully saturated rings. The van der Waals surface area contributed by atoms with Gasteiger partial charge in [0, 0.05) is 12.1 Å². The van der Waals surface area contributed by atoms with Crippen LogP contribution < -0.4 is 11.5 Å². The number of rotatable bonds is 8. The Bertz CT molecular complexity index is 978. The van der Waals surface area contributed by atoms with Gasteiger partial charge in [0.05, 0.1) is 30.8 Å². The molecular formula is C28H47N5O7. The minimum Gasteiger partial charge on any atom is -0.480 e. The molecule has 3 rings (SSSR count). The number of aliphatic imine (C=N–C) groups is 2. The Kier molecular flexibility index (Phi) is 16.0. The number of aliphatic carboxylic acids is 1. The van der Waals surface area contributed by atoms with Crippen molar-refractivity contribution in [2.24, 2.45) is 27.4 Å². The lowest BCUT2D eigenvalue weighted by molar-refractivity contribution is -0.149. The lowest BCUT2D eigenvalue weighted by Gasteiger charge is -2.21. The molecule has 1 aromatic heterocycles. The zero-order chi connectivity index (χ0) is 30.1. The molecule has 1 aromatic rings. The van der Waals surface area contributed by atoms with Gasteiger partial charge in [-0.2, -0.15) is 4.99 Å². The first-order valence-corrected chi connectivity index (χ1v) is 14.0. The summed E-state index contributed by atoms with van der Waals surface area (Å²) in [5.41, 5.74) is 9.65. The van der Waals surface area contributed by atoms with E-state index in [1.165, 1.54) is 39.5 Å². The number of carboxylic acid groups (broad SMARTS) is 1. The smallest absolute Gasteiger partial charge is 0.317 e. The van der Waals surface area contributed by atoms with Crippen molar-refractivity contribution < 1.29 is 34.1 Å². The second-order valence-corrected chi connectivity index (χ2v) is 10.4. The summed E-state index contributed by atoms with van der Waals surface area (Å²) in [5.74, 6) is -1.28. The van der Waals surface area contributed by atoms with Gasteiger partial charge in [-0.15, -0.1) is 0 Å². The fraction of sp³-hybridized carbons (Fsp3) is 0.679. The molecule has 0 spiro atoms. The van der Waals surface area contributed by atoms with Gasteiger partial charge in [0.2, 0.25) is 0 Å². The minimum atomic E-state index is -1.61. The predicted octanol–water partition coefficient (Wildman–Crippen LogP) is 3.23. The quantitative estimate of drug-likeness (QED) is 0.178. The number of aromatic nitrogens is 1. The number of hydrogen-bond donors (Lipinski definition) is 5. The molecule has 12 nitrogen and oxygen atoms in total. The first kappa shape index (κ1) is 34.9. The van der Waals surface area contributed by atoms with Crippen molar-refractivity contribution in [1.82, 2.24) is 4.98 Å². The van der Waals surface area contributed by atoms with Crippen LogP contribution in [0.4, 0.5) is 0 Å². The summed E-state index contributed by atoms with van der Waals surface area (Å²) in [7, 11) is 0. The average molecular weight is 566 g/mol. The number of hydrogen-bond acceptors (Lipinski definition) is 7. The van der Waals surface area contributed by atoms with Crippen LogP contribution in [0.2, 0.25) is 0 Å². The highest BCUT2D eigenvalue weighted by Gasteiger charge is 2.30. The number of nitrogens with zero attached hydrogens (tertiary/aromatic N) is 2. The molecule has 40 heavy (non-hydrogen) atoms. The highest BCUT2D eigenvalue weighted by molar-refractivity contribution is 6.08. The van der Waals surface area contributed by atoms with Gasteiger partial charge in [-0.05, 0) is 57.6 Å². The van der Waals surface area contributed by atoms with E-state index in [4.69, 9.17) is 20.3 Å². The Hall–Kier alpha value is -3.09. The van der Waals surface area contributed by atoms with Gasteiger partial charge < -0.3 is 36.1 Å². The number of nitrogens with one attached hydrogen (secondary N) is 1. The van der Waals surface area contributed by atoms with E-state index in [1.54, 1.807) is 6.07 Å². The number of aliphatic hydroxyl groups is 1. The molecule has 2 unspecified atom stereocenters. The topological polar surface area (TPSA) is 203 Å². The maximum atomic E-state index is 12.2. The number of carbonyl (C=O) groups excluding carboxylic acids is 2. The fourth-order valence-corrected chi connectivity index (χ4v) is 4.12. The van der Waals surface area contributed by atoms with E-state index < -0.39 is 17.5 Å². The van der Waals surface area contributed by atoms with E-state index in [0.29, 0.717) is 18.0 Å². The van der Waals surface area contributed by atoms with Crippen LogP contribution in [0.15, 0.2) is 22.1 Å². The second-order valence-electron chi connectivity index (χ2n) is 10.4. The zero-order valence-corrected chi connectivity index (χ0v) is 24.2.